The van der Waals surface area contributed by atoms with Gasteiger partial charge in [-0.3, -0.25) is 19.3 Å². The Hall–Kier alpha value is -3.25. The third-order valence-corrected chi connectivity index (χ3v) is 6.99. The molecular formula is C22H26N2O9. The number of aliphatic hydroxyl groups excluding tert-OH is 3. The van der Waals surface area contributed by atoms with Gasteiger partial charge in [0.05, 0.1) is 23.6 Å². The largest absolute Gasteiger partial charge is 0.508 e. The zero-order chi connectivity index (χ0) is 23.9. The number of ketones is 2. The standard InChI is InChI=1S/C22H24N2O8.H2O/c1-7-8-5-4-6-9(25)11(8)16(26)12-10(7)17(27)14-15(24(2)3)18(28)13(21(23)31)20(30)22(14,32)19(12)29;/h4-7,10,14-15,17,25-27,30,32H,1-3H3,(H2,23,31);1H2/t7-,10+,14-,15+,17-,22+;/m0./s1. The van der Waals surface area contributed by atoms with Gasteiger partial charge in [-0.15, -0.1) is 0 Å². The van der Waals surface area contributed by atoms with Gasteiger partial charge in [-0.1, -0.05) is 19.1 Å². The first kappa shape index (κ1) is 24.4. The van der Waals surface area contributed by atoms with E-state index in [1.807, 2.05) is 0 Å². The molecule has 178 valence electrons. The number of nitrogens with zero attached hydrogens (tertiary/aromatic N) is 1. The number of carbonyl (C=O) groups is 3. The molecule has 1 aromatic carbocycles. The fourth-order valence-corrected chi connectivity index (χ4v) is 5.58. The molecule has 0 heterocycles. The Morgan fingerprint density at radius 1 is 1.15 bits per heavy atom. The number of Topliss-reactive ketones (excluding diaryl/α,β-unsaturated/α-hetero) is 2. The minimum atomic E-state index is -2.89. The summed E-state index contributed by atoms with van der Waals surface area (Å²) in [6.07, 6.45) is -1.59. The number of nitrogens with two attached hydrogens (primary N) is 1. The Balaban J connectivity index is 0.00000306. The van der Waals surface area contributed by atoms with Gasteiger partial charge in [0.15, 0.2) is 11.4 Å². The number of amides is 1. The number of likely N-dealkylation sites (N-methyl/N-ethyl adjacent to an activating group) is 1. The summed E-state index contributed by atoms with van der Waals surface area (Å²) in [5, 5.41) is 54.9. The number of hydrogen-bond acceptors (Lipinski definition) is 9. The minimum absolute atomic E-state index is 0. The van der Waals surface area contributed by atoms with Crippen molar-refractivity contribution >= 4 is 23.2 Å². The highest BCUT2D eigenvalue weighted by molar-refractivity contribution is 6.24. The molecule has 33 heavy (non-hydrogen) atoms. The van der Waals surface area contributed by atoms with Crippen LogP contribution in [0.1, 0.15) is 24.0 Å². The molecule has 0 saturated heterocycles. The molecule has 0 radical (unpaired) electrons. The molecule has 4 rings (SSSR count). The van der Waals surface area contributed by atoms with Crippen LogP contribution >= 0.6 is 0 Å². The maximum atomic E-state index is 13.7. The van der Waals surface area contributed by atoms with Gasteiger partial charge < -0.3 is 36.7 Å². The number of rotatable bonds is 2. The molecule has 1 fully saturated rings. The maximum Gasteiger partial charge on any atom is 0.255 e. The summed E-state index contributed by atoms with van der Waals surface area (Å²) in [5.74, 6) is -8.87. The van der Waals surface area contributed by atoms with Crippen LogP contribution < -0.4 is 5.73 Å². The van der Waals surface area contributed by atoms with Crippen LogP contribution in [0.5, 0.6) is 5.75 Å². The summed E-state index contributed by atoms with van der Waals surface area (Å²) in [4.78, 5) is 40.0. The van der Waals surface area contributed by atoms with Gasteiger partial charge in [-0.2, -0.15) is 0 Å². The molecule has 1 saturated carbocycles. The number of benzene rings is 1. The van der Waals surface area contributed by atoms with Crippen LogP contribution in [0.15, 0.2) is 35.1 Å². The number of phenolic OH excluding ortho intramolecular Hbond substituents is 1. The summed E-state index contributed by atoms with van der Waals surface area (Å²) in [6.45, 7) is 1.68. The van der Waals surface area contributed by atoms with E-state index in [2.05, 4.69) is 0 Å². The van der Waals surface area contributed by atoms with Gasteiger partial charge in [0, 0.05) is 11.5 Å². The van der Waals surface area contributed by atoms with Crippen LogP contribution in [0.4, 0.5) is 0 Å². The highest BCUT2D eigenvalue weighted by Crippen LogP contribution is 2.55. The molecule has 0 bridgehead atoms. The zero-order valence-electron chi connectivity index (χ0n) is 18.1. The lowest BCUT2D eigenvalue weighted by Gasteiger charge is -2.53. The minimum Gasteiger partial charge on any atom is -0.508 e. The van der Waals surface area contributed by atoms with Crippen molar-refractivity contribution in [2.45, 2.75) is 30.6 Å². The number of fused-ring (bicyclic) bond motifs is 3. The van der Waals surface area contributed by atoms with E-state index >= 15 is 0 Å². The van der Waals surface area contributed by atoms with Crippen molar-refractivity contribution in [1.29, 1.82) is 0 Å². The molecule has 0 aliphatic heterocycles. The van der Waals surface area contributed by atoms with Crippen LogP contribution in [-0.2, 0) is 14.4 Å². The van der Waals surface area contributed by atoms with E-state index in [1.54, 1.807) is 19.1 Å². The molecule has 11 heteroatoms. The number of carbonyl (C=O) groups excluding carboxylic acids is 3. The number of hydrogen-bond donors (Lipinski definition) is 6. The van der Waals surface area contributed by atoms with E-state index in [1.165, 1.54) is 25.1 Å². The van der Waals surface area contributed by atoms with Crippen molar-refractivity contribution in [3.63, 3.8) is 0 Å². The SMILES string of the molecule is C[C@H]1c2cccc(O)c2C(O)=C2C(=O)[C@@]3(O)C(O)=C(C(N)=O)C(=O)[C@H](N(C)C)[C@H]3[C@@H](O)[C@@H]21.O. The Kier molecular flexibility index (Phi) is 5.66. The Morgan fingerprint density at radius 2 is 1.76 bits per heavy atom. The lowest BCUT2D eigenvalue weighted by Crippen LogP contribution is -2.70. The van der Waals surface area contributed by atoms with Gasteiger partial charge in [0.25, 0.3) is 5.91 Å². The van der Waals surface area contributed by atoms with Gasteiger partial charge in [0.1, 0.15) is 22.8 Å². The van der Waals surface area contributed by atoms with Gasteiger partial charge in [-0.05, 0) is 31.6 Å². The first-order valence-electron chi connectivity index (χ1n) is 10.0. The Morgan fingerprint density at radius 3 is 2.30 bits per heavy atom. The average molecular weight is 462 g/mol. The van der Waals surface area contributed by atoms with Gasteiger partial charge in [0.2, 0.25) is 5.78 Å². The molecule has 11 nitrogen and oxygen atoms in total. The fraction of sp³-hybridized carbons (Fsp3) is 0.409. The third-order valence-electron chi connectivity index (χ3n) is 6.99. The zero-order valence-corrected chi connectivity index (χ0v) is 18.1. The molecule has 0 aromatic heterocycles. The summed E-state index contributed by atoms with van der Waals surface area (Å²) >= 11 is 0. The van der Waals surface area contributed by atoms with Crippen LogP contribution in [0.3, 0.4) is 0 Å². The second kappa shape index (κ2) is 7.66. The molecule has 6 atom stereocenters. The highest BCUT2D eigenvalue weighted by Gasteiger charge is 2.68. The lowest BCUT2D eigenvalue weighted by atomic mass is 9.54. The number of aromatic hydroxyl groups is 1. The molecular weight excluding hydrogens is 436 g/mol. The summed E-state index contributed by atoms with van der Waals surface area (Å²) in [6, 6.07) is 3.13. The summed E-state index contributed by atoms with van der Waals surface area (Å²) in [5.41, 5.74) is 1.47. The average Bonchev–Trinajstić information content (AvgIpc) is 2.70. The van der Waals surface area contributed by atoms with Crippen molar-refractivity contribution in [3.8, 4) is 5.75 Å². The number of primary amides is 1. The molecule has 1 amide bonds. The predicted molar refractivity (Wildman–Crippen MR) is 114 cm³/mol. The Bertz CT molecular complexity index is 1140. The van der Waals surface area contributed by atoms with Crippen LogP contribution in [0, 0.1) is 11.8 Å². The van der Waals surface area contributed by atoms with E-state index < -0.39 is 75.6 Å². The van der Waals surface area contributed by atoms with Crippen LogP contribution in [0.2, 0.25) is 0 Å². The Labute approximate surface area is 188 Å². The molecule has 3 aliphatic rings. The van der Waals surface area contributed by atoms with Crippen molar-refractivity contribution in [1.82, 2.24) is 4.90 Å². The van der Waals surface area contributed by atoms with Crippen molar-refractivity contribution < 1.29 is 45.4 Å². The summed E-state index contributed by atoms with van der Waals surface area (Å²) in [7, 11) is 2.92. The van der Waals surface area contributed by atoms with Gasteiger partial charge in [-0.25, -0.2) is 0 Å². The molecule has 3 aliphatic carbocycles. The topological polar surface area (TPSA) is 213 Å². The number of phenols is 1. The van der Waals surface area contributed by atoms with Crippen molar-refractivity contribution in [3.05, 3.63) is 46.2 Å². The van der Waals surface area contributed by atoms with E-state index in [0.717, 1.165) is 0 Å². The van der Waals surface area contributed by atoms with E-state index in [-0.39, 0.29) is 16.8 Å². The normalized spacial score (nSPS) is 33.3. The van der Waals surface area contributed by atoms with E-state index in [0.29, 0.717) is 5.56 Å². The van der Waals surface area contributed by atoms with Crippen LogP contribution in [0.25, 0.3) is 5.76 Å². The summed E-state index contributed by atoms with van der Waals surface area (Å²) < 4.78 is 0. The van der Waals surface area contributed by atoms with Crippen molar-refractivity contribution in [2.24, 2.45) is 17.6 Å². The van der Waals surface area contributed by atoms with Crippen molar-refractivity contribution in [2.75, 3.05) is 14.1 Å². The number of aliphatic hydroxyl groups is 4. The second-order valence-electron chi connectivity index (χ2n) is 8.79. The predicted octanol–water partition coefficient (Wildman–Crippen LogP) is -1.33. The fourth-order valence-electron chi connectivity index (χ4n) is 5.58. The van der Waals surface area contributed by atoms with Crippen LogP contribution in [-0.4, -0.2) is 85.2 Å². The van der Waals surface area contributed by atoms with E-state index in [9.17, 15) is 39.9 Å². The first-order valence-corrected chi connectivity index (χ1v) is 10.0. The molecule has 9 N–H and O–H groups in total. The smallest absolute Gasteiger partial charge is 0.255 e. The highest BCUT2D eigenvalue weighted by atomic mass is 16.4. The molecule has 0 spiro atoms. The first-order chi connectivity index (χ1) is 14.9. The lowest BCUT2D eigenvalue weighted by molar-refractivity contribution is -0.169. The van der Waals surface area contributed by atoms with Gasteiger partial charge >= 0.3 is 0 Å². The third kappa shape index (κ3) is 2.86. The quantitative estimate of drug-likeness (QED) is 0.287. The monoisotopic (exact) mass is 462 g/mol. The molecule has 0 unspecified atom stereocenters. The van der Waals surface area contributed by atoms with E-state index in [4.69, 9.17) is 5.73 Å². The molecule has 1 aromatic rings. The maximum absolute atomic E-state index is 13.7. The second-order valence-corrected chi connectivity index (χ2v) is 8.79.